The van der Waals surface area contributed by atoms with Gasteiger partial charge >= 0.3 is 0 Å². The van der Waals surface area contributed by atoms with E-state index in [4.69, 9.17) is 11.4 Å². The van der Waals surface area contributed by atoms with Gasteiger partial charge in [-0.1, -0.05) is 18.1 Å². The van der Waals surface area contributed by atoms with Crippen LogP contribution in [0.4, 0.5) is 4.39 Å². The molecule has 0 spiro atoms. The molecule has 0 radical (unpaired) electrons. The van der Waals surface area contributed by atoms with Gasteiger partial charge in [0.25, 0.3) is 5.91 Å². The minimum Gasteiger partial charge on any atom is -0.343 e. The maximum atomic E-state index is 14.7. The molecule has 29 heavy (non-hydrogen) atoms. The van der Waals surface area contributed by atoms with Gasteiger partial charge in [-0.15, -0.1) is 6.42 Å². The zero-order valence-corrected chi connectivity index (χ0v) is 16.3. The molecule has 4 rings (SSSR count). The highest BCUT2D eigenvalue weighted by molar-refractivity contribution is 6.15. The van der Waals surface area contributed by atoms with E-state index in [9.17, 15) is 9.18 Å². The summed E-state index contributed by atoms with van der Waals surface area (Å²) in [6, 6.07) is 11.6. The van der Waals surface area contributed by atoms with Crippen molar-refractivity contribution in [1.82, 2.24) is 14.5 Å². The van der Waals surface area contributed by atoms with Crippen LogP contribution in [0.15, 0.2) is 53.8 Å². The fourth-order valence-corrected chi connectivity index (χ4v) is 3.54. The van der Waals surface area contributed by atoms with Gasteiger partial charge in [-0.2, -0.15) is 0 Å². The smallest absolute Gasteiger partial charge is 0.273 e. The number of rotatable bonds is 2. The normalized spacial score (nSPS) is 14.9. The second kappa shape index (κ2) is 7.02. The molecule has 144 valence electrons. The summed E-state index contributed by atoms with van der Waals surface area (Å²) in [5, 5.41) is 0. The predicted molar refractivity (Wildman–Crippen MR) is 110 cm³/mol. The highest BCUT2D eigenvalue weighted by Gasteiger charge is 2.29. The van der Waals surface area contributed by atoms with Gasteiger partial charge < -0.3 is 4.90 Å². The van der Waals surface area contributed by atoms with Crippen molar-refractivity contribution in [3.63, 3.8) is 0 Å². The topological polar surface area (TPSA) is 50.5 Å². The van der Waals surface area contributed by atoms with Gasteiger partial charge in [0.1, 0.15) is 12.1 Å². The monoisotopic (exact) mass is 386 g/mol. The molecule has 0 saturated carbocycles. The molecule has 1 aliphatic heterocycles. The summed E-state index contributed by atoms with van der Waals surface area (Å²) in [5.74, 6) is 2.04. The lowest BCUT2D eigenvalue weighted by Gasteiger charge is -2.14. The van der Waals surface area contributed by atoms with Crippen LogP contribution in [0.1, 0.15) is 45.8 Å². The lowest BCUT2D eigenvalue weighted by atomic mass is 9.98. The van der Waals surface area contributed by atoms with Crippen LogP contribution >= 0.6 is 0 Å². The number of hydrogen-bond donors (Lipinski definition) is 0. The number of fused-ring (bicyclic) bond motifs is 3. The highest BCUT2D eigenvalue weighted by Crippen LogP contribution is 2.33. The first-order valence-corrected chi connectivity index (χ1v) is 9.15. The third-order valence-electron chi connectivity index (χ3n) is 4.94. The van der Waals surface area contributed by atoms with E-state index in [1.165, 1.54) is 11.0 Å². The van der Waals surface area contributed by atoms with Crippen LogP contribution in [0.3, 0.4) is 0 Å². The minimum absolute atomic E-state index is 0.211. The van der Waals surface area contributed by atoms with Crippen molar-refractivity contribution in [3.05, 3.63) is 82.7 Å². The van der Waals surface area contributed by atoms with Gasteiger partial charge in [0.05, 0.1) is 23.1 Å². The summed E-state index contributed by atoms with van der Waals surface area (Å²) in [5.41, 5.74) is 3.96. The number of nitrogens with zero attached hydrogens (tertiary/aromatic N) is 4. The first-order chi connectivity index (χ1) is 13.9. The van der Waals surface area contributed by atoms with E-state index in [0.29, 0.717) is 33.8 Å². The summed E-state index contributed by atoms with van der Waals surface area (Å²) in [7, 11) is 3.35. The number of aromatic nitrogens is 2. The van der Waals surface area contributed by atoms with E-state index < -0.39 is 6.04 Å². The lowest BCUT2D eigenvalue weighted by molar-refractivity contribution is 0.0821. The Hall–Kier alpha value is -3.72. The SMILES string of the molecule is C#Cc1ccc2c(c1)C(c1ccccc1F)=N[C@H](C)c1c(C(=O)N(C)C)ncn1-2. The number of carbonyl (C=O) groups excluding carboxylic acids is 1. The van der Waals surface area contributed by atoms with Crippen LogP contribution < -0.4 is 0 Å². The van der Waals surface area contributed by atoms with Gasteiger partial charge in [0.2, 0.25) is 0 Å². The van der Waals surface area contributed by atoms with Gasteiger partial charge in [0.15, 0.2) is 5.69 Å². The number of terminal acetylenes is 1. The molecule has 2 aromatic carbocycles. The first-order valence-electron chi connectivity index (χ1n) is 9.15. The second-order valence-electron chi connectivity index (χ2n) is 7.06. The van der Waals surface area contributed by atoms with Gasteiger partial charge in [-0.3, -0.25) is 14.4 Å². The van der Waals surface area contributed by atoms with E-state index in [2.05, 4.69) is 10.9 Å². The molecule has 3 aromatic rings. The average Bonchev–Trinajstić information content (AvgIpc) is 3.11. The third-order valence-corrected chi connectivity index (χ3v) is 4.94. The zero-order valence-electron chi connectivity index (χ0n) is 16.3. The number of amides is 1. The van der Waals surface area contributed by atoms with Crippen molar-refractivity contribution in [2.24, 2.45) is 4.99 Å². The summed E-state index contributed by atoms with van der Waals surface area (Å²) in [6.07, 6.45) is 7.21. The summed E-state index contributed by atoms with van der Waals surface area (Å²) in [4.78, 5) is 23.3. The van der Waals surface area contributed by atoms with Crippen molar-refractivity contribution in [3.8, 4) is 18.0 Å². The lowest BCUT2D eigenvalue weighted by Crippen LogP contribution is -2.24. The summed E-state index contributed by atoms with van der Waals surface area (Å²) < 4.78 is 16.5. The van der Waals surface area contributed by atoms with Crippen LogP contribution in [0, 0.1) is 18.2 Å². The number of benzene rings is 2. The highest BCUT2D eigenvalue weighted by atomic mass is 19.1. The molecule has 0 N–H and O–H groups in total. The second-order valence-corrected chi connectivity index (χ2v) is 7.06. The van der Waals surface area contributed by atoms with Gasteiger partial charge in [-0.05, 0) is 37.3 Å². The zero-order chi connectivity index (χ0) is 20.7. The van der Waals surface area contributed by atoms with Gasteiger partial charge in [-0.25, -0.2) is 9.37 Å². The molecular weight excluding hydrogens is 367 g/mol. The molecule has 5 nitrogen and oxygen atoms in total. The molecular formula is C23H19FN4O. The van der Waals surface area contributed by atoms with Crippen LogP contribution in [0.2, 0.25) is 0 Å². The molecule has 0 saturated heterocycles. The van der Waals surface area contributed by atoms with Crippen molar-refractivity contribution in [1.29, 1.82) is 0 Å². The molecule has 2 heterocycles. The molecule has 0 unspecified atom stereocenters. The van der Waals surface area contributed by atoms with Crippen molar-refractivity contribution in [2.75, 3.05) is 14.1 Å². The Morgan fingerprint density at radius 3 is 2.66 bits per heavy atom. The Labute approximate surface area is 168 Å². The van der Waals surface area contributed by atoms with E-state index >= 15 is 0 Å². The molecule has 6 heteroatoms. The van der Waals surface area contributed by atoms with Gasteiger partial charge in [0, 0.05) is 30.8 Å². The van der Waals surface area contributed by atoms with Crippen LogP contribution in [0.5, 0.6) is 0 Å². The predicted octanol–water partition coefficient (Wildman–Crippen LogP) is 3.61. The Morgan fingerprint density at radius 1 is 1.21 bits per heavy atom. The van der Waals surface area contributed by atoms with Crippen molar-refractivity contribution in [2.45, 2.75) is 13.0 Å². The van der Waals surface area contributed by atoms with E-state index in [1.54, 1.807) is 38.6 Å². The molecule has 1 aromatic heterocycles. The summed E-state index contributed by atoms with van der Waals surface area (Å²) >= 11 is 0. The van der Waals surface area contributed by atoms with E-state index in [0.717, 1.165) is 5.69 Å². The van der Waals surface area contributed by atoms with E-state index in [-0.39, 0.29) is 11.7 Å². The van der Waals surface area contributed by atoms with Crippen molar-refractivity contribution < 1.29 is 9.18 Å². The number of hydrogen-bond acceptors (Lipinski definition) is 3. The van der Waals surface area contributed by atoms with E-state index in [1.807, 2.05) is 29.7 Å². The fraction of sp³-hybridized carbons (Fsp3) is 0.174. The third kappa shape index (κ3) is 3.01. The number of carbonyl (C=O) groups is 1. The number of halogens is 1. The Morgan fingerprint density at radius 2 is 1.97 bits per heavy atom. The Bertz CT molecular complexity index is 1200. The largest absolute Gasteiger partial charge is 0.343 e. The van der Waals surface area contributed by atoms with Crippen LogP contribution in [-0.2, 0) is 0 Å². The standard InChI is InChI=1S/C23H19FN4O/c1-5-15-10-11-19-17(12-15)20(16-8-6-7-9-18(16)24)26-14(2)22-21(23(29)27(3)4)25-13-28(19)22/h1,6-14H,2-4H3/t14-/m1/s1. The number of imidazole rings is 1. The fourth-order valence-electron chi connectivity index (χ4n) is 3.54. The molecule has 0 fully saturated rings. The summed E-state index contributed by atoms with van der Waals surface area (Å²) in [6.45, 7) is 1.87. The maximum Gasteiger partial charge on any atom is 0.273 e. The first kappa shape index (κ1) is 18.6. The quantitative estimate of drug-likeness (QED) is 0.632. The Kier molecular flexibility index (Phi) is 4.51. The molecule has 0 bridgehead atoms. The minimum atomic E-state index is -0.423. The number of aliphatic imine (C=N–C) groups is 1. The van der Waals surface area contributed by atoms with Crippen LogP contribution in [0.25, 0.3) is 5.69 Å². The molecule has 1 amide bonds. The van der Waals surface area contributed by atoms with Crippen molar-refractivity contribution >= 4 is 11.6 Å². The molecule has 1 aliphatic rings. The van der Waals surface area contributed by atoms with Crippen LogP contribution in [-0.4, -0.2) is 40.2 Å². The Balaban J connectivity index is 2.04. The maximum absolute atomic E-state index is 14.7. The molecule has 0 aliphatic carbocycles. The molecule has 1 atom stereocenters. The average molecular weight is 386 g/mol.